The second kappa shape index (κ2) is 5.91. The van der Waals surface area contributed by atoms with Crippen molar-refractivity contribution >= 4 is 15.9 Å². The maximum Gasteiger partial charge on any atom is 0.264 e. The van der Waals surface area contributed by atoms with E-state index in [1.165, 1.54) is 6.07 Å². The summed E-state index contributed by atoms with van der Waals surface area (Å²) >= 11 is 0. The number of allylic oxidation sites excluding steroid dienone is 1. The van der Waals surface area contributed by atoms with Crippen LogP contribution in [-0.4, -0.2) is 14.3 Å². The molecule has 1 aliphatic carbocycles. The first-order valence-electron chi connectivity index (χ1n) is 7.72. The van der Waals surface area contributed by atoms with Gasteiger partial charge in [-0.1, -0.05) is 55.5 Å². The average molecular weight is 341 g/mol. The molecule has 24 heavy (non-hydrogen) atoms. The number of rotatable bonds is 5. The number of nitrogens with one attached hydrogen (secondary N) is 1. The number of amides is 1. The smallest absolute Gasteiger partial charge is 0.264 e. The van der Waals surface area contributed by atoms with Crippen molar-refractivity contribution in [2.45, 2.75) is 18.2 Å². The number of hydrogen-bond acceptors (Lipinski definition) is 3. The molecule has 2 aromatic rings. The van der Waals surface area contributed by atoms with Crippen molar-refractivity contribution in [1.29, 1.82) is 0 Å². The maximum atomic E-state index is 12.5. The molecule has 0 aromatic heterocycles. The molecule has 1 amide bonds. The lowest BCUT2D eigenvalue weighted by molar-refractivity contribution is -0.124. The van der Waals surface area contributed by atoms with Crippen LogP contribution in [0.2, 0.25) is 0 Å². The van der Waals surface area contributed by atoms with Crippen molar-refractivity contribution in [3.8, 4) is 11.1 Å². The van der Waals surface area contributed by atoms with Gasteiger partial charge < -0.3 is 0 Å². The Hall–Kier alpha value is -2.40. The Morgan fingerprint density at radius 1 is 1.17 bits per heavy atom. The topological polar surface area (TPSA) is 63.2 Å². The quantitative estimate of drug-likeness (QED) is 0.848. The molecule has 124 valence electrons. The van der Waals surface area contributed by atoms with Crippen molar-refractivity contribution in [2.24, 2.45) is 11.3 Å². The number of sulfonamides is 1. The Morgan fingerprint density at radius 3 is 2.46 bits per heavy atom. The van der Waals surface area contributed by atoms with Crippen LogP contribution in [0.1, 0.15) is 13.3 Å². The molecule has 0 radical (unpaired) electrons. The minimum Gasteiger partial charge on any atom is -0.273 e. The average Bonchev–Trinajstić information content (AvgIpc) is 3.28. The fraction of sp³-hybridized carbons (Fsp3) is 0.211. The molecule has 1 fully saturated rings. The molecule has 1 aliphatic rings. The van der Waals surface area contributed by atoms with Crippen molar-refractivity contribution < 1.29 is 13.2 Å². The van der Waals surface area contributed by atoms with E-state index in [4.69, 9.17) is 0 Å². The van der Waals surface area contributed by atoms with Crippen molar-refractivity contribution in [3.05, 3.63) is 67.3 Å². The van der Waals surface area contributed by atoms with Crippen LogP contribution in [0.25, 0.3) is 11.1 Å². The molecule has 0 saturated heterocycles. The van der Waals surface area contributed by atoms with E-state index in [9.17, 15) is 13.2 Å². The highest BCUT2D eigenvalue weighted by Gasteiger charge is 2.55. The fourth-order valence-electron chi connectivity index (χ4n) is 2.77. The summed E-state index contributed by atoms with van der Waals surface area (Å²) in [7, 11) is -3.90. The third-order valence-corrected chi connectivity index (χ3v) is 5.91. The minimum absolute atomic E-state index is 0.0309. The van der Waals surface area contributed by atoms with E-state index in [1.54, 1.807) is 25.1 Å². The molecule has 1 N–H and O–H groups in total. The van der Waals surface area contributed by atoms with E-state index < -0.39 is 21.3 Å². The molecule has 4 nitrogen and oxygen atoms in total. The minimum atomic E-state index is -3.90. The van der Waals surface area contributed by atoms with Gasteiger partial charge in [-0.15, -0.1) is 6.58 Å². The summed E-state index contributed by atoms with van der Waals surface area (Å²) in [6.07, 6.45) is 2.32. The predicted octanol–water partition coefficient (Wildman–Crippen LogP) is 3.37. The summed E-state index contributed by atoms with van der Waals surface area (Å²) in [6.45, 7) is 5.43. The van der Waals surface area contributed by atoms with Gasteiger partial charge in [0.05, 0.1) is 10.3 Å². The number of hydrogen-bond donors (Lipinski definition) is 1. The standard InChI is InChI=1S/C19H19NO3S/c1-3-16-13-19(16,2)18(21)20-24(22,23)17-11-7-10-15(12-17)14-8-5-4-6-9-14/h3-12,16H,1,13H2,2H3,(H,20,21)/t16-,19+/m1/s1. The Labute approximate surface area is 142 Å². The summed E-state index contributed by atoms with van der Waals surface area (Å²) in [4.78, 5) is 12.4. The van der Waals surface area contributed by atoms with Crippen LogP contribution in [0.3, 0.4) is 0 Å². The fourth-order valence-corrected chi connectivity index (χ4v) is 3.91. The van der Waals surface area contributed by atoms with Crippen molar-refractivity contribution in [2.75, 3.05) is 0 Å². The molecule has 2 atom stereocenters. The highest BCUT2D eigenvalue weighted by atomic mass is 32.2. The van der Waals surface area contributed by atoms with Crippen LogP contribution in [0.5, 0.6) is 0 Å². The van der Waals surface area contributed by atoms with Crippen molar-refractivity contribution in [1.82, 2.24) is 4.72 Å². The molecule has 5 heteroatoms. The highest BCUT2D eigenvalue weighted by molar-refractivity contribution is 7.90. The van der Waals surface area contributed by atoms with Crippen LogP contribution in [-0.2, 0) is 14.8 Å². The van der Waals surface area contributed by atoms with Gasteiger partial charge in [-0.25, -0.2) is 13.1 Å². The van der Waals surface area contributed by atoms with Gasteiger partial charge in [-0.05, 0) is 35.6 Å². The summed E-state index contributed by atoms with van der Waals surface area (Å²) in [5, 5.41) is 0. The first-order chi connectivity index (χ1) is 11.4. The molecule has 0 bridgehead atoms. The first kappa shape index (κ1) is 16.5. The molecule has 3 rings (SSSR count). The van der Waals surface area contributed by atoms with Gasteiger partial charge in [-0.3, -0.25) is 4.79 Å². The zero-order valence-electron chi connectivity index (χ0n) is 13.4. The van der Waals surface area contributed by atoms with Gasteiger partial charge >= 0.3 is 0 Å². The Morgan fingerprint density at radius 2 is 1.83 bits per heavy atom. The summed E-state index contributed by atoms with van der Waals surface area (Å²) < 4.78 is 27.3. The van der Waals surface area contributed by atoms with E-state index in [1.807, 2.05) is 36.4 Å². The monoisotopic (exact) mass is 341 g/mol. The summed E-state index contributed by atoms with van der Waals surface area (Å²) in [5.74, 6) is -0.444. The van der Waals surface area contributed by atoms with Crippen LogP contribution >= 0.6 is 0 Å². The van der Waals surface area contributed by atoms with Crippen LogP contribution < -0.4 is 4.72 Å². The lowest BCUT2D eigenvalue weighted by Crippen LogP contribution is -2.36. The Bertz CT molecular complexity index is 890. The zero-order valence-corrected chi connectivity index (χ0v) is 14.2. The molecular formula is C19H19NO3S. The lowest BCUT2D eigenvalue weighted by atomic mass is 10.1. The predicted molar refractivity (Wildman–Crippen MR) is 93.6 cm³/mol. The highest BCUT2D eigenvalue weighted by Crippen LogP contribution is 2.53. The van der Waals surface area contributed by atoms with E-state index in [2.05, 4.69) is 11.3 Å². The van der Waals surface area contributed by atoms with Crippen LogP contribution in [0, 0.1) is 11.3 Å². The normalized spacial score (nSPS) is 22.6. The molecule has 0 spiro atoms. The van der Waals surface area contributed by atoms with Gasteiger partial charge in [0.2, 0.25) is 5.91 Å². The van der Waals surface area contributed by atoms with Crippen LogP contribution in [0.15, 0.2) is 72.1 Å². The second-order valence-electron chi connectivity index (χ2n) is 6.29. The maximum absolute atomic E-state index is 12.5. The molecule has 1 saturated carbocycles. The Kier molecular flexibility index (Phi) is 4.05. The van der Waals surface area contributed by atoms with Crippen molar-refractivity contribution in [3.63, 3.8) is 0 Å². The number of carbonyl (C=O) groups is 1. The van der Waals surface area contributed by atoms with E-state index >= 15 is 0 Å². The van der Waals surface area contributed by atoms with Gasteiger partial charge in [-0.2, -0.15) is 0 Å². The van der Waals surface area contributed by atoms with Gasteiger partial charge in [0.25, 0.3) is 10.0 Å². The molecular weight excluding hydrogens is 322 g/mol. The third-order valence-electron chi connectivity index (χ3n) is 4.58. The third kappa shape index (κ3) is 2.99. The molecule has 0 heterocycles. The van der Waals surface area contributed by atoms with Gasteiger partial charge in [0.15, 0.2) is 0 Å². The Balaban J connectivity index is 1.86. The molecule has 0 aliphatic heterocycles. The van der Waals surface area contributed by atoms with E-state index in [-0.39, 0.29) is 10.8 Å². The van der Waals surface area contributed by atoms with Gasteiger partial charge in [0.1, 0.15) is 0 Å². The molecule has 2 aromatic carbocycles. The molecule has 0 unspecified atom stereocenters. The zero-order chi connectivity index (χ0) is 17.4. The van der Waals surface area contributed by atoms with E-state index in [0.29, 0.717) is 6.42 Å². The largest absolute Gasteiger partial charge is 0.273 e. The SMILES string of the molecule is C=C[C@@H]1C[C@]1(C)C(=O)NS(=O)(=O)c1cccc(-c2ccccc2)c1. The number of carbonyl (C=O) groups excluding carboxylic acids is 1. The first-order valence-corrected chi connectivity index (χ1v) is 9.20. The van der Waals surface area contributed by atoms with E-state index in [0.717, 1.165) is 11.1 Å². The van der Waals surface area contributed by atoms with Gasteiger partial charge in [0, 0.05) is 0 Å². The lowest BCUT2D eigenvalue weighted by Gasteiger charge is -2.12. The van der Waals surface area contributed by atoms with Crippen LogP contribution in [0.4, 0.5) is 0 Å². The summed E-state index contributed by atoms with van der Waals surface area (Å²) in [6, 6.07) is 16.1. The summed E-state index contributed by atoms with van der Waals surface area (Å²) in [5.41, 5.74) is 1.03. The number of benzene rings is 2. The second-order valence-corrected chi connectivity index (χ2v) is 7.97.